The molecule has 3 nitrogen and oxygen atoms in total. The zero-order valence-electron chi connectivity index (χ0n) is 9.44. The summed E-state index contributed by atoms with van der Waals surface area (Å²) in [6.45, 7) is 2.42. The van der Waals surface area contributed by atoms with Crippen LogP contribution in [-0.2, 0) is 6.54 Å². The molecule has 17 heavy (non-hydrogen) atoms. The van der Waals surface area contributed by atoms with Gasteiger partial charge < -0.3 is 4.90 Å². The summed E-state index contributed by atoms with van der Waals surface area (Å²) in [5, 5.41) is 0.959. The minimum Gasteiger partial charge on any atom is -0.346 e. The van der Waals surface area contributed by atoms with Gasteiger partial charge in [0.1, 0.15) is 11.6 Å². The predicted octanol–water partition coefficient (Wildman–Crippen LogP) is 3.28. The number of rotatable bonds is 3. The molecular weight excluding hydrogens is 261 g/mol. The van der Waals surface area contributed by atoms with Crippen molar-refractivity contribution in [3.05, 3.63) is 40.4 Å². The number of aromatic nitrogens is 2. The highest BCUT2D eigenvalue weighted by Crippen LogP contribution is 2.20. The van der Waals surface area contributed by atoms with Gasteiger partial charge in [-0.3, -0.25) is 0 Å². The van der Waals surface area contributed by atoms with E-state index in [9.17, 15) is 4.39 Å². The Bertz CT molecular complexity index is 529. The molecule has 1 aromatic heterocycles. The number of hydrogen-bond acceptors (Lipinski definition) is 4. The zero-order valence-corrected chi connectivity index (χ0v) is 11.0. The van der Waals surface area contributed by atoms with Crippen LogP contribution in [0.25, 0.3) is 0 Å². The van der Waals surface area contributed by atoms with E-state index < -0.39 is 5.82 Å². The van der Waals surface area contributed by atoms with Crippen molar-refractivity contribution in [1.29, 1.82) is 0 Å². The molecular formula is C11H11ClFN3S. The number of anilines is 1. The van der Waals surface area contributed by atoms with Gasteiger partial charge in [-0.05, 0) is 24.6 Å². The van der Waals surface area contributed by atoms with Crippen molar-refractivity contribution in [2.75, 3.05) is 11.9 Å². The minimum absolute atomic E-state index is 0.142. The van der Waals surface area contributed by atoms with Crippen molar-refractivity contribution in [2.45, 2.75) is 13.5 Å². The molecule has 1 heterocycles. The Morgan fingerprint density at radius 3 is 2.82 bits per heavy atom. The molecule has 0 unspecified atom stereocenters. The Morgan fingerprint density at radius 2 is 2.24 bits per heavy atom. The normalized spacial score (nSPS) is 10.6. The fourth-order valence-electron chi connectivity index (χ4n) is 1.42. The van der Waals surface area contributed by atoms with E-state index in [1.807, 2.05) is 18.9 Å². The first-order valence-corrected chi connectivity index (χ1v) is 6.17. The maximum absolute atomic E-state index is 13.3. The van der Waals surface area contributed by atoms with E-state index in [0.717, 1.165) is 16.5 Å². The number of hydrogen-bond donors (Lipinski definition) is 0. The minimum atomic E-state index is -0.397. The standard InChI is InChI=1S/C11H11ClFN3S/c1-7-14-11(17-15-7)16(2)6-8-3-4-9(12)10(13)5-8/h3-5H,6H2,1-2H3. The molecule has 0 amide bonds. The van der Waals surface area contributed by atoms with Crippen molar-refractivity contribution in [3.8, 4) is 0 Å². The molecule has 1 aromatic carbocycles. The average Bonchev–Trinajstić information content (AvgIpc) is 2.70. The van der Waals surface area contributed by atoms with Crippen molar-refractivity contribution in [1.82, 2.24) is 9.36 Å². The van der Waals surface area contributed by atoms with Gasteiger partial charge in [0, 0.05) is 25.1 Å². The molecule has 0 N–H and O–H groups in total. The van der Waals surface area contributed by atoms with Gasteiger partial charge in [0.15, 0.2) is 0 Å². The summed E-state index contributed by atoms with van der Waals surface area (Å²) in [5.41, 5.74) is 0.849. The molecule has 0 aliphatic rings. The topological polar surface area (TPSA) is 29.0 Å². The van der Waals surface area contributed by atoms with Crippen LogP contribution >= 0.6 is 23.1 Å². The smallest absolute Gasteiger partial charge is 0.205 e. The zero-order chi connectivity index (χ0) is 12.4. The predicted molar refractivity (Wildman–Crippen MR) is 68.2 cm³/mol. The number of benzene rings is 1. The van der Waals surface area contributed by atoms with Crippen LogP contribution in [-0.4, -0.2) is 16.4 Å². The van der Waals surface area contributed by atoms with Crippen molar-refractivity contribution >= 4 is 28.3 Å². The van der Waals surface area contributed by atoms with Gasteiger partial charge in [-0.2, -0.15) is 4.37 Å². The summed E-state index contributed by atoms with van der Waals surface area (Å²) in [7, 11) is 1.90. The third-order valence-electron chi connectivity index (χ3n) is 2.25. The van der Waals surface area contributed by atoms with Crippen LogP contribution in [0.5, 0.6) is 0 Å². The Kier molecular flexibility index (Phi) is 3.59. The molecule has 0 saturated heterocycles. The maximum atomic E-state index is 13.3. The molecule has 0 radical (unpaired) electrons. The SMILES string of the molecule is Cc1nsc(N(C)Cc2ccc(Cl)c(F)c2)n1. The van der Waals surface area contributed by atoms with Gasteiger partial charge in [0.05, 0.1) is 5.02 Å². The van der Waals surface area contributed by atoms with E-state index in [1.165, 1.54) is 17.6 Å². The summed E-state index contributed by atoms with van der Waals surface area (Å²) in [4.78, 5) is 6.18. The van der Waals surface area contributed by atoms with Crippen molar-refractivity contribution < 1.29 is 4.39 Å². The lowest BCUT2D eigenvalue weighted by molar-refractivity contribution is 0.625. The van der Waals surface area contributed by atoms with Crippen molar-refractivity contribution in [3.63, 3.8) is 0 Å². The first kappa shape index (κ1) is 12.3. The second-order valence-corrected chi connectivity index (χ2v) is 4.87. The summed E-state index contributed by atoms with van der Waals surface area (Å²) in [6, 6.07) is 4.80. The van der Waals surface area contributed by atoms with Crippen LogP contribution in [0, 0.1) is 12.7 Å². The molecule has 0 bridgehead atoms. The van der Waals surface area contributed by atoms with Gasteiger partial charge in [-0.25, -0.2) is 9.37 Å². The van der Waals surface area contributed by atoms with Gasteiger partial charge >= 0.3 is 0 Å². The van der Waals surface area contributed by atoms with Crippen LogP contribution in [0.3, 0.4) is 0 Å². The lowest BCUT2D eigenvalue weighted by Gasteiger charge is -2.15. The molecule has 0 fully saturated rings. The monoisotopic (exact) mass is 271 g/mol. The largest absolute Gasteiger partial charge is 0.346 e. The van der Waals surface area contributed by atoms with Crippen LogP contribution in [0.15, 0.2) is 18.2 Å². The quantitative estimate of drug-likeness (QED) is 0.858. The van der Waals surface area contributed by atoms with E-state index in [2.05, 4.69) is 9.36 Å². The Morgan fingerprint density at radius 1 is 1.47 bits per heavy atom. The highest BCUT2D eigenvalue weighted by atomic mass is 35.5. The second-order valence-electron chi connectivity index (χ2n) is 3.73. The number of nitrogens with zero attached hydrogens (tertiary/aromatic N) is 3. The van der Waals surface area contributed by atoms with E-state index in [4.69, 9.17) is 11.6 Å². The first-order chi connectivity index (χ1) is 8.06. The Hall–Kier alpha value is -1.20. The number of halogens is 2. The molecule has 0 aliphatic heterocycles. The molecule has 6 heteroatoms. The van der Waals surface area contributed by atoms with Crippen LogP contribution in [0.1, 0.15) is 11.4 Å². The molecule has 2 rings (SSSR count). The molecule has 0 spiro atoms. The average molecular weight is 272 g/mol. The Labute approximate surface area is 108 Å². The highest BCUT2D eigenvalue weighted by molar-refractivity contribution is 7.09. The molecule has 0 saturated carbocycles. The third-order valence-corrected chi connectivity index (χ3v) is 3.48. The van der Waals surface area contributed by atoms with Crippen molar-refractivity contribution in [2.24, 2.45) is 0 Å². The maximum Gasteiger partial charge on any atom is 0.205 e. The van der Waals surface area contributed by atoms with Crippen LogP contribution in [0.4, 0.5) is 9.52 Å². The fourth-order valence-corrected chi connectivity index (χ4v) is 2.17. The van der Waals surface area contributed by atoms with E-state index in [-0.39, 0.29) is 5.02 Å². The summed E-state index contributed by atoms with van der Waals surface area (Å²) >= 11 is 6.96. The lowest BCUT2D eigenvalue weighted by Crippen LogP contribution is -2.16. The summed E-state index contributed by atoms with van der Waals surface area (Å²) in [6.07, 6.45) is 0. The van der Waals surface area contributed by atoms with Gasteiger partial charge in [-0.15, -0.1) is 0 Å². The van der Waals surface area contributed by atoms with E-state index in [1.54, 1.807) is 12.1 Å². The summed E-state index contributed by atoms with van der Waals surface area (Å²) in [5.74, 6) is 0.352. The molecule has 0 atom stereocenters. The van der Waals surface area contributed by atoms with E-state index in [0.29, 0.717) is 6.54 Å². The molecule has 2 aromatic rings. The van der Waals surface area contributed by atoms with Gasteiger partial charge in [-0.1, -0.05) is 17.7 Å². The van der Waals surface area contributed by atoms with E-state index >= 15 is 0 Å². The van der Waals surface area contributed by atoms with Crippen LogP contribution in [0.2, 0.25) is 5.02 Å². The highest BCUT2D eigenvalue weighted by Gasteiger charge is 2.08. The summed E-state index contributed by atoms with van der Waals surface area (Å²) < 4.78 is 17.4. The first-order valence-electron chi connectivity index (χ1n) is 5.01. The van der Waals surface area contributed by atoms with Gasteiger partial charge in [0.2, 0.25) is 5.13 Å². The molecule has 90 valence electrons. The molecule has 0 aliphatic carbocycles. The fraction of sp³-hybridized carbons (Fsp3) is 0.273. The third kappa shape index (κ3) is 2.92. The Balaban J connectivity index is 2.12. The number of aryl methyl sites for hydroxylation is 1. The lowest BCUT2D eigenvalue weighted by atomic mass is 10.2. The second kappa shape index (κ2) is 4.98. The van der Waals surface area contributed by atoms with Crippen LogP contribution < -0.4 is 4.90 Å². The van der Waals surface area contributed by atoms with Gasteiger partial charge in [0.25, 0.3) is 0 Å².